The number of nitrogens with two attached hydrogens (primary N) is 1. The van der Waals surface area contributed by atoms with Gasteiger partial charge < -0.3 is 15.9 Å². The fourth-order valence-electron chi connectivity index (χ4n) is 2.23. The first-order valence-corrected chi connectivity index (χ1v) is 9.44. The number of nitrogen functional groups attached to an aromatic ring is 1. The van der Waals surface area contributed by atoms with Crippen molar-refractivity contribution in [3.8, 4) is 17.1 Å². The summed E-state index contributed by atoms with van der Waals surface area (Å²) in [7, 11) is 1.58. The number of amides is 1. The van der Waals surface area contributed by atoms with Gasteiger partial charge in [-0.3, -0.25) is 4.79 Å². The molecule has 1 aromatic heterocycles. The van der Waals surface area contributed by atoms with E-state index in [4.69, 9.17) is 33.8 Å². The third kappa shape index (κ3) is 4.65. The summed E-state index contributed by atoms with van der Waals surface area (Å²) < 4.78 is 6.37. The molecule has 3 aromatic rings. The normalized spacial score (nSPS) is 10.6. The smallest absolute Gasteiger partial charge is 0.234 e. The van der Waals surface area contributed by atoms with Gasteiger partial charge in [0.15, 0.2) is 5.82 Å². The molecule has 0 radical (unpaired) electrons. The molecule has 0 saturated carbocycles. The van der Waals surface area contributed by atoms with Gasteiger partial charge in [-0.15, -0.1) is 10.2 Å². The SMILES string of the molecule is COc1ccc(NC(=O)CSc2nnc(-c3ccc(Cl)cc3Cl)n2N)cc1. The summed E-state index contributed by atoms with van der Waals surface area (Å²) in [4.78, 5) is 12.1. The summed E-state index contributed by atoms with van der Waals surface area (Å²) in [5.74, 6) is 7.07. The van der Waals surface area contributed by atoms with Crippen molar-refractivity contribution in [1.29, 1.82) is 0 Å². The van der Waals surface area contributed by atoms with Crippen LogP contribution in [-0.4, -0.2) is 33.6 Å². The predicted molar refractivity (Wildman–Crippen MR) is 108 cm³/mol. The first kappa shape index (κ1) is 19.3. The number of halogens is 2. The minimum absolute atomic E-state index is 0.121. The fraction of sp³-hybridized carbons (Fsp3) is 0.118. The number of thioether (sulfide) groups is 1. The molecule has 2 aromatic carbocycles. The molecular formula is C17H15Cl2N5O2S. The van der Waals surface area contributed by atoms with Gasteiger partial charge >= 0.3 is 0 Å². The Bertz CT molecular complexity index is 962. The van der Waals surface area contributed by atoms with Crippen LogP contribution in [0, 0.1) is 0 Å². The lowest BCUT2D eigenvalue weighted by molar-refractivity contribution is -0.113. The number of benzene rings is 2. The zero-order valence-corrected chi connectivity index (χ0v) is 16.5. The highest BCUT2D eigenvalue weighted by molar-refractivity contribution is 7.99. The molecule has 0 unspecified atom stereocenters. The maximum Gasteiger partial charge on any atom is 0.234 e. The minimum atomic E-state index is -0.195. The maximum atomic E-state index is 12.1. The van der Waals surface area contributed by atoms with Crippen LogP contribution >= 0.6 is 35.0 Å². The van der Waals surface area contributed by atoms with Crippen LogP contribution in [0.2, 0.25) is 10.0 Å². The van der Waals surface area contributed by atoms with Crippen molar-refractivity contribution >= 4 is 46.6 Å². The molecular weight excluding hydrogens is 409 g/mol. The van der Waals surface area contributed by atoms with Crippen molar-refractivity contribution in [2.75, 3.05) is 24.0 Å². The molecule has 0 aliphatic rings. The Morgan fingerprint density at radius 1 is 1.22 bits per heavy atom. The number of nitrogens with zero attached hydrogens (tertiary/aromatic N) is 3. The Morgan fingerprint density at radius 2 is 1.96 bits per heavy atom. The van der Waals surface area contributed by atoms with Crippen LogP contribution in [0.3, 0.4) is 0 Å². The second kappa shape index (κ2) is 8.51. The van der Waals surface area contributed by atoms with E-state index >= 15 is 0 Å². The van der Waals surface area contributed by atoms with E-state index in [1.807, 2.05) is 0 Å². The number of anilines is 1. The van der Waals surface area contributed by atoms with Crippen molar-refractivity contribution < 1.29 is 9.53 Å². The summed E-state index contributed by atoms with van der Waals surface area (Å²) in [6.07, 6.45) is 0. The zero-order chi connectivity index (χ0) is 19.4. The van der Waals surface area contributed by atoms with E-state index in [0.29, 0.717) is 38.0 Å². The lowest BCUT2D eigenvalue weighted by Gasteiger charge is -2.07. The third-order valence-corrected chi connectivity index (χ3v) is 5.03. The number of hydrogen-bond donors (Lipinski definition) is 2. The second-order valence-electron chi connectivity index (χ2n) is 5.37. The minimum Gasteiger partial charge on any atom is -0.497 e. The van der Waals surface area contributed by atoms with E-state index in [2.05, 4.69) is 15.5 Å². The molecule has 0 bridgehead atoms. The highest BCUT2D eigenvalue weighted by Gasteiger charge is 2.16. The molecule has 3 N–H and O–H groups in total. The Morgan fingerprint density at radius 3 is 2.63 bits per heavy atom. The van der Waals surface area contributed by atoms with Gasteiger partial charge in [0.05, 0.1) is 17.9 Å². The first-order chi connectivity index (χ1) is 13.0. The summed E-state index contributed by atoms with van der Waals surface area (Å²) in [6, 6.07) is 12.0. The summed E-state index contributed by atoms with van der Waals surface area (Å²) >= 11 is 13.3. The van der Waals surface area contributed by atoms with Gasteiger partial charge in [0.25, 0.3) is 0 Å². The van der Waals surface area contributed by atoms with Gasteiger partial charge in [-0.05, 0) is 42.5 Å². The van der Waals surface area contributed by atoms with Gasteiger partial charge in [0.2, 0.25) is 11.1 Å². The second-order valence-corrected chi connectivity index (χ2v) is 7.15. The molecule has 1 amide bonds. The molecule has 27 heavy (non-hydrogen) atoms. The number of nitrogens with one attached hydrogen (secondary N) is 1. The van der Waals surface area contributed by atoms with Gasteiger partial charge in [0, 0.05) is 16.3 Å². The van der Waals surface area contributed by atoms with Crippen LogP contribution in [0.4, 0.5) is 5.69 Å². The van der Waals surface area contributed by atoms with Crippen LogP contribution < -0.4 is 15.9 Å². The Kier molecular flexibility index (Phi) is 6.10. The van der Waals surface area contributed by atoms with Gasteiger partial charge in [0.1, 0.15) is 5.75 Å². The number of rotatable bonds is 6. The number of aromatic nitrogens is 3. The number of hydrogen-bond acceptors (Lipinski definition) is 6. The predicted octanol–water partition coefficient (Wildman–Crippen LogP) is 3.71. The molecule has 140 valence electrons. The highest BCUT2D eigenvalue weighted by atomic mass is 35.5. The van der Waals surface area contributed by atoms with Crippen molar-refractivity contribution in [3.63, 3.8) is 0 Å². The van der Waals surface area contributed by atoms with Gasteiger partial charge in [-0.25, -0.2) is 4.68 Å². The molecule has 0 fully saturated rings. The summed E-state index contributed by atoms with van der Waals surface area (Å²) in [5.41, 5.74) is 1.27. The number of carbonyl (C=O) groups is 1. The standard InChI is InChI=1S/C17H15Cl2N5O2S/c1-26-12-5-3-11(4-6-12)21-15(25)9-27-17-23-22-16(24(17)20)13-7-2-10(18)8-14(13)19/h2-8H,9,20H2,1H3,(H,21,25). The average Bonchev–Trinajstić information content (AvgIpc) is 3.01. The van der Waals surface area contributed by atoms with Crippen LogP contribution in [0.15, 0.2) is 47.6 Å². The van der Waals surface area contributed by atoms with E-state index in [9.17, 15) is 4.79 Å². The zero-order valence-electron chi connectivity index (χ0n) is 14.1. The summed E-state index contributed by atoms with van der Waals surface area (Å²) in [5, 5.41) is 12.2. The molecule has 0 atom stereocenters. The molecule has 0 saturated heterocycles. The number of carbonyl (C=O) groups excluding carboxylic acids is 1. The number of ether oxygens (including phenoxy) is 1. The Labute approximate surface area is 169 Å². The molecule has 0 spiro atoms. The first-order valence-electron chi connectivity index (χ1n) is 7.70. The van der Waals surface area contributed by atoms with Crippen molar-refractivity contribution in [2.24, 2.45) is 0 Å². The monoisotopic (exact) mass is 423 g/mol. The van der Waals surface area contributed by atoms with E-state index in [0.717, 1.165) is 0 Å². The van der Waals surface area contributed by atoms with Crippen molar-refractivity contribution in [3.05, 3.63) is 52.5 Å². The third-order valence-electron chi connectivity index (χ3n) is 3.54. The Balaban J connectivity index is 1.64. The average molecular weight is 424 g/mol. The van der Waals surface area contributed by atoms with E-state index < -0.39 is 0 Å². The Hall–Kier alpha value is -2.42. The van der Waals surface area contributed by atoms with Crippen LogP contribution in [-0.2, 0) is 4.79 Å². The molecule has 0 aliphatic heterocycles. The maximum absolute atomic E-state index is 12.1. The van der Waals surface area contributed by atoms with Crippen molar-refractivity contribution in [1.82, 2.24) is 14.9 Å². The molecule has 0 aliphatic carbocycles. The highest BCUT2D eigenvalue weighted by Crippen LogP contribution is 2.30. The lowest BCUT2D eigenvalue weighted by atomic mass is 10.2. The fourth-order valence-corrected chi connectivity index (χ4v) is 3.38. The van der Waals surface area contributed by atoms with Crippen LogP contribution in [0.25, 0.3) is 11.4 Å². The van der Waals surface area contributed by atoms with Crippen molar-refractivity contribution in [2.45, 2.75) is 5.16 Å². The van der Waals surface area contributed by atoms with Gasteiger partial charge in [-0.2, -0.15) is 0 Å². The lowest BCUT2D eigenvalue weighted by Crippen LogP contribution is -2.16. The van der Waals surface area contributed by atoms with E-state index in [-0.39, 0.29) is 11.7 Å². The van der Waals surface area contributed by atoms with E-state index in [1.54, 1.807) is 49.6 Å². The van der Waals surface area contributed by atoms with E-state index in [1.165, 1.54) is 16.4 Å². The van der Waals surface area contributed by atoms with Crippen LogP contribution in [0.5, 0.6) is 5.75 Å². The molecule has 3 rings (SSSR count). The quantitative estimate of drug-likeness (QED) is 0.463. The molecule has 7 nitrogen and oxygen atoms in total. The van der Waals surface area contributed by atoms with Gasteiger partial charge in [-0.1, -0.05) is 35.0 Å². The topological polar surface area (TPSA) is 95.1 Å². The molecule has 1 heterocycles. The number of methoxy groups -OCH3 is 1. The molecule has 10 heteroatoms. The summed E-state index contributed by atoms with van der Waals surface area (Å²) in [6.45, 7) is 0. The largest absolute Gasteiger partial charge is 0.497 e. The van der Waals surface area contributed by atoms with Crippen LogP contribution in [0.1, 0.15) is 0 Å².